The Morgan fingerprint density at radius 1 is 1.30 bits per heavy atom. The number of amides is 2. The van der Waals surface area contributed by atoms with Crippen LogP contribution in [0.2, 0.25) is 0 Å². The maximum absolute atomic E-state index is 13.1. The van der Waals surface area contributed by atoms with Gasteiger partial charge in [-0.05, 0) is 62.7 Å². The number of anilines is 1. The summed E-state index contributed by atoms with van der Waals surface area (Å²) in [7, 11) is 0. The second kappa shape index (κ2) is 8.81. The van der Waals surface area contributed by atoms with E-state index >= 15 is 0 Å². The monoisotopic (exact) mass is 373 g/mol. The summed E-state index contributed by atoms with van der Waals surface area (Å²) in [5.41, 5.74) is 0.655. The summed E-state index contributed by atoms with van der Waals surface area (Å²) >= 11 is 0. The summed E-state index contributed by atoms with van der Waals surface area (Å²) in [6.45, 7) is 3.54. The van der Waals surface area contributed by atoms with Crippen molar-refractivity contribution in [2.75, 3.05) is 24.5 Å². The molecule has 1 unspecified atom stereocenters. The third kappa shape index (κ3) is 4.74. The first-order valence-electron chi connectivity index (χ1n) is 9.18. The molecule has 1 aromatic carbocycles. The number of carbonyl (C=O) groups is 2. The number of benzene rings is 1. The topological polar surface area (TPSA) is 65.8 Å². The van der Waals surface area contributed by atoms with Gasteiger partial charge in [-0.2, -0.15) is 0 Å². The fourth-order valence-corrected chi connectivity index (χ4v) is 3.40. The lowest BCUT2D eigenvalue weighted by Crippen LogP contribution is -2.47. The highest BCUT2D eigenvalue weighted by Gasteiger charge is 2.32. The van der Waals surface area contributed by atoms with Crippen LogP contribution in [0.4, 0.5) is 10.1 Å². The summed E-state index contributed by atoms with van der Waals surface area (Å²) in [6, 6.07) is 9.12. The molecule has 3 rings (SSSR count). The number of likely N-dealkylation sites (N-methyl/N-ethyl adjacent to an activating group) is 1. The Bertz CT molecular complexity index is 761. The smallest absolute Gasteiger partial charge is 0.241 e. The molecule has 1 aliphatic heterocycles. The number of rotatable bonds is 7. The molecule has 2 heterocycles. The normalized spacial score (nSPS) is 17.0. The highest BCUT2D eigenvalue weighted by molar-refractivity contribution is 5.95. The van der Waals surface area contributed by atoms with Gasteiger partial charge in [0.15, 0.2) is 0 Å². The van der Waals surface area contributed by atoms with Crippen LogP contribution in [-0.2, 0) is 16.1 Å². The molecule has 0 spiro atoms. The minimum Gasteiger partial charge on any atom is -0.467 e. The van der Waals surface area contributed by atoms with E-state index in [2.05, 4.69) is 5.32 Å². The van der Waals surface area contributed by atoms with Gasteiger partial charge in [-0.25, -0.2) is 4.39 Å². The molecule has 1 aromatic heterocycles. The lowest BCUT2D eigenvalue weighted by atomic mass is 10.2. The number of likely N-dealkylation sites (tertiary alicyclic amines) is 1. The molecule has 27 heavy (non-hydrogen) atoms. The van der Waals surface area contributed by atoms with E-state index < -0.39 is 0 Å². The van der Waals surface area contributed by atoms with Crippen molar-refractivity contribution < 1.29 is 18.4 Å². The van der Waals surface area contributed by atoms with Crippen molar-refractivity contribution in [3.63, 3.8) is 0 Å². The van der Waals surface area contributed by atoms with Gasteiger partial charge in [-0.15, -0.1) is 0 Å². The number of nitrogens with one attached hydrogen (secondary N) is 1. The molecule has 144 valence electrons. The van der Waals surface area contributed by atoms with Crippen LogP contribution in [0.25, 0.3) is 0 Å². The molecular weight excluding hydrogens is 349 g/mol. The van der Waals surface area contributed by atoms with E-state index in [4.69, 9.17) is 4.42 Å². The molecule has 0 radical (unpaired) electrons. The lowest BCUT2D eigenvalue weighted by molar-refractivity contribution is -0.127. The maximum atomic E-state index is 13.1. The number of carbonyl (C=O) groups excluding carboxylic acids is 2. The van der Waals surface area contributed by atoms with Crippen molar-refractivity contribution in [3.8, 4) is 0 Å². The maximum Gasteiger partial charge on any atom is 0.241 e. The molecule has 0 aliphatic carbocycles. The van der Waals surface area contributed by atoms with Crippen molar-refractivity contribution in [3.05, 3.63) is 54.2 Å². The van der Waals surface area contributed by atoms with Crippen molar-refractivity contribution in [1.29, 1.82) is 0 Å². The van der Waals surface area contributed by atoms with Crippen LogP contribution < -0.4 is 10.2 Å². The van der Waals surface area contributed by atoms with Gasteiger partial charge >= 0.3 is 0 Å². The van der Waals surface area contributed by atoms with Crippen LogP contribution in [0, 0.1) is 5.82 Å². The Labute approximate surface area is 157 Å². The lowest BCUT2D eigenvalue weighted by Gasteiger charge is -2.27. The molecular formula is C20H24FN3O3. The zero-order valence-electron chi connectivity index (χ0n) is 15.4. The van der Waals surface area contributed by atoms with Crippen LogP contribution in [0.5, 0.6) is 0 Å². The van der Waals surface area contributed by atoms with Crippen molar-refractivity contribution in [2.24, 2.45) is 0 Å². The van der Waals surface area contributed by atoms with E-state index in [9.17, 15) is 14.0 Å². The first-order chi connectivity index (χ1) is 13.1. The van der Waals surface area contributed by atoms with E-state index in [0.29, 0.717) is 31.1 Å². The van der Waals surface area contributed by atoms with Crippen LogP contribution in [0.15, 0.2) is 47.1 Å². The summed E-state index contributed by atoms with van der Waals surface area (Å²) in [6.07, 6.45) is 3.16. The first kappa shape index (κ1) is 19.1. The van der Waals surface area contributed by atoms with Gasteiger partial charge < -0.3 is 14.6 Å². The van der Waals surface area contributed by atoms with E-state index in [1.165, 1.54) is 12.1 Å². The highest BCUT2D eigenvalue weighted by atomic mass is 19.1. The fourth-order valence-electron chi connectivity index (χ4n) is 3.40. The Kier molecular flexibility index (Phi) is 6.24. The van der Waals surface area contributed by atoms with E-state index in [1.54, 1.807) is 35.4 Å². The third-order valence-corrected chi connectivity index (χ3v) is 4.78. The molecule has 2 aromatic rings. The van der Waals surface area contributed by atoms with Gasteiger partial charge in [0.25, 0.3) is 0 Å². The Balaban J connectivity index is 1.59. The molecule has 1 saturated heterocycles. The Morgan fingerprint density at radius 3 is 2.74 bits per heavy atom. The van der Waals surface area contributed by atoms with Crippen LogP contribution >= 0.6 is 0 Å². The minimum absolute atomic E-state index is 0.0958. The van der Waals surface area contributed by atoms with Gasteiger partial charge in [0, 0.05) is 12.2 Å². The van der Waals surface area contributed by atoms with E-state index in [0.717, 1.165) is 12.8 Å². The summed E-state index contributed by atoms with van der Waals surface area (Å²) < 4.78 is 18.4. The van der Waals surface area contributed by atoms with Gasteiger partial charge in [0.2, 0.25) is 11.8 Å². The standard InChI is InChI=1S/C20H24FN3O3/c1-2-24(16-9-7-15(21)8-10-16)19(25)14-23-11-3-6-18(23)20(26)22-13-17-5-4-12-27-17/h4-5,7-10,12,18H,2-3,6,11,13-14H2,1H3,(H,22,26). The molecule has 0 saturated carbocycles. The van der Waals surface area contributed by atoms with Crippen LogP contribution in [0.1, 0.15) is 25.5 Å². The highest BCUT2D eigenvalue weighted by Crippen LogP contribution is 2.20. The largest absolute Gasteiger partial charge is 0.467 e. The molecule has 0 bridgehead atoms. The first-order valence-corrected chi connectivity index (χ1v) is 9.18. The third-order valence-electron chi connectivity index (χ3n) is 4.78. The predicted molar refractivity (Wildman–Crippen MR) is 99.6 cm³/mol. The molecule has 7 heteroatoms. The van der Waals surface area contributed by atoms with E-state index in [-0.39, 0.29) is 30.2 Å². The number of hydrogen-bond acceptors (Lipinski definition) is 4. The quantitative estimate of drug-likeness (QED) is 0.810. The Morgan fingerprint density at radius 2 is 2.07 bits per heavy atom. The summed E-state index contributed by atoms with van der Waals surface area (Å²) in [4.78, 5) is 28.8. The molecule has 6 nitrogen and oxygen atoms in total. The summed E-state index contributed by atoms with van der Waals surface area (Å²) in [5.74, 6) is 0.156. The second-order valence-electron chi connectivity index (χ2n) is 6.54. The number of furan rings is 1. The van der Waals surface area contributed by atoms with Crippen molar-refractivity contribution >= 4 is 17.5 Å². The zero-order chi connectivity index (χ0) is 19.2. The number of halogens is 1. The number of nitrogens with zero attached hydrogens (tertiary/aromatic N) is 2. The van der Waals surface area contributed by atoms with Gasteiger partial charge in [0.05, 0.1) is 25.4 Å². The number of hydrogen-bond donors (Lipinski definition) is 1. The molecule has 2 amide bonds. The SMILES string of the molecule is CCN(C(=O)CN1CCCC1C(=O)NCc1ccco1)c1ccc(F)cc1. The Hall–Kier alpha value is -2.67. The summed E-state index contributed by atoms with van der Waals surface area (Å²) in [5, 5.41) is 2.87. The molecule has 1 atom stereocenters. The molecule has 1 aliphatic rings. The van der Waals surface area contributed by atoms with Crippen molar-refractivity contribution in [2.45, 2.75) is 32.4 Å². The fraction of sp³-hybridized carbons (Fsp3) is 0.400. The van der Waals surface area contributed by atoms with Gasteiger partial charge in [-0.3, -0.25) is 14.5 Å². The minimum atomic E-state index is -0.338. The molecule has 1 fully saturated rings. The average molecular weight is 373 g/mol. The van der Waals surface area contributed by atoms with Gasteiger partial charge in [-0.1, -0.05) is 0 Å². The van der Waals surface area contributed by atoms with Crippen molar-refractivity contribution in [1.82, 2.24) is 10.2 Å². The van der Waals surface area contributed by atoms with Gasteiger partial charge in [0.1, 0.15) is 11.6 Å². The van der Waals surface area contributed by atoms with Crippen LogP contribution in [0.3, 0.4) is 0 Å². The average Bonchev–Trinajstić information content (AvgIpc) is 3.34. The molecule has 1 N–H and O–H groups in total. The van der Waals surface area contributed by atoms with Crippen LogP contribution in [-0.4, -0.2) is 42.4 Å². The zero-order valence-corrected chi connectivity index (χ0v) is 15.4. The predicted octanol–water partition coefficient (Wildman–Crippen LogP) is 2.55. The second-order valence-corrected chi connectivity index (χ2v) is 6.54. The van der Waals surface area contributed by atoms with E-state index in [1.807, 2.05) is 11.8 Å².